The summed E-state index contributed by atoms with van der Waals surface area (Å²) in [4.78, 5) is 61.8. The third-order valence-electron chi connectivity index (χ3n) is 5.36. The van der Waals surface area contributed by atoms with Gasteiger partial charge in [0.1, 0.15) is 17.0 Å². The van der Waals surface area contributed by atoms with Crippen molar-refractivity contribution in [1.29, 1.82) is 0 Å². The predicted molar refractivity (Wildman–Crippen MR) is 129 cm³/mol. The van der Waals surface area contributed by atoms with Crippen LogP contribution in [-0.2, 0) is 23.9 Å². The first-order chi connectivity index (χ1) is 17.0. The monoisotopic (exact) mass is 497 g/mol. The Balaban J connectivity index is 1.72. The molecule has 1 aliphatic rings. The molecule has 0 bridgehead atoms. The molecule has 0 spiro atoms. The predicted octanol–water partition coefficient (Wildman–Crippen LogP) is 3.25. The van der Waals surface area contributed by atoms with E-state index in [9.17, 15) is 24.0 Å². The van der Waals surface area contributed by atoms with E-state index in [4.69, 9.17) is 13.9 Å². The zero-order chi connectivity index (χ0) is 26.6. The van der Waals surface area contributed by atoms with E-state index in [0.29, 0.717) is 5.69 Å². The number of esters is 2. The number of aryl methyl sites for hydroxylation is 3. The number of hydrogen-bond donors (Lipinski definition) is 1. The quantitative estimate of drug-likeness (QED) is 0.432. The Labute approximate surface area is 207 Å². The van der Waals surface area contributed by atoms with Gasteiger partial charge in [-0.1, -0.05) is 12.1 Å². The van der Waals surface area contributed by atoms with Crippen molar-refractivity contribution >= 4 is 46.8 Å². The molecular weight excluding hydrogens is 470 g/mol. The van der Waals surface area contributed by atoms with Crippen molar-refractivity contribution in [2.45, 2.75) is 47.5 Å². The Morgan fingerprint density at radius 3 is 2.44 bits per heavy atom. The van der Waals surface area contributed by atoms with Gasteiger partial charge in [0.25, 0.3) is 5.91 Å². The molecule has 1 aliphatic heterocycles. The smallest absolute Gasteiger partial charge is 0.355 e. The molecule has 190 valence electrons. The van der Waals surface area contributed by atoms with Crippen LogP contribution in [0.25, 0.3) is 0 Å². The van der Waals surface area contributed by atoms with E-state index in [2.05, 4.69) is 10.4 Å². The molecule has 1 aromatic carbocycles. The molecule has 11 nitrogen and oxygen atoms in total. The summed E-state index contributed by atoms with van der Waals surface area (Å²) in [6.45, 7) is 7.36. The topological polar surface area (TPSA) is 145 Å². The molecule has 0 fully saturated rings. The molecule has 1 N–H and O–H groups in total. The minimum absolute atomic E-state index is 0.00601. The maximum absolute atomic E-state index is 12.6. The minimum Gasteiger partial charge on any atom is -0.462 e. The van der Waals surface area contributed by atoms with E-state index < -0.39 is 30.2 Å². The number of carbonyl (C=O) groups is 5. The summed E-state index contributed by atoms with van der Waals surface area (Å²) in [7, 11) is 0. The second-order valence-corrected chi connectivity index (χ2v) is 8.18. The zero-order valence-corrected chi connectivity index (χ0v) is 20.7. The first-order valence-electron chi connectivity index (χ1n) is 11.3. The van der Waals surface area contributed by atoms with Gasteiger partial charge in [0, 0.05) is 12.8 Å². The summed E-state index contributed by atoms with van der Waals surface area (Å²) >= 11 is 0. The van der Waals surface area contributed by atoms with Gasteiger partial charge in [0.05, 0.1) is 17.9 Å². The van der Waals surface area contributed by atoms with Crippen LogP contribution < -0.4 is 10.3 Å². The molecule has 11 heteroatoms. The standard InChI is InChI=1S/C25H27N3O8/c1-6-34-25(33)22-21(15(4)29)16(5)36-23(22)26-19(30)12-35-24(32)17-9-10-20(31)28(27-17)18-11-13(2)7-8-14(18)3/h7-8,11H,6,9-10,12H2,1-5H3,(H,26,30). The van der Waals surface area contributed by atoms with E-state index in [-0.39, 0.29) is 53.8 Å². The average molecular weight is 498 g/mol. The van der Waals surface area contributed by atoms with Crippen LogP contribution >= 0.6 is 0 Å². The summed E-state index contributed by atoms with van der Waals surface area (Å²) in [5.41, 5.74) is 2.07. The summed E-state index contributed by atoms with van der Waals surface area (Å²) in [6, 6.07) is 5.54. The van der Waals surface area contributed by atoms with Crippen molar-refractivity contribution in [3.8, 4) is 0 Å². The molecule has 0 saturated carbocycles. The van der Waals surface area contributed by atoms with Crippen LogP contribution in [0.3, 0.4) is 0 Å². The Bertz CT molecular complexity index is 1270. The van der Waals surface area contributed by atoms with Crippen molar-refractivity contribution in [2.75, 3.05) is 23.5 Å². The van der Waals surface area contributed by atoms with Gasteiger partial charge >= 0.3 is 11.9 Å². The van der Waals surface area contributed by atoms with Crippen molar-refractivity contribution in [1.82, 2.24) is 0 Å². The molecule has 0 radical (unpaired) electrons. The number of rotatable bonds is 8. The SMILES string of the molecule is CCOC(=O)c1c(NC(=O)COC(=O)C2=NN(c3cc(C)ccc3C)C(=O)CC2)oc(C)c1C(C)=O. The molecule has 0 unspecified atom stereocenters. The summed E-state index contributed by atoms with van der Waals surface area (Å²) < 4.78 is 15.4. The van der Waals surface area contributed by atoms with Gasteiger partial charge in [-0.3, -0.25) is 19.7 Å². The molecular formula is C25H27N3O8. The molecule has 36 heavy (non-hydrogen) atoms. The fourth-order valence-electron chi connectivity index (χ4n) is 3.67. The fraction of sp³-hybridized carbons (Fsp3) is 0.360. The van der Waals surface area contributed by atoms with E-state index in [1.54, 1.807) is 13.0 Å². The van der Waals surface area contributed by atoms with Crippen LogP contribution in [0.2, 0.25) is 0 Å². The van der Waals surface area contributed by atoms with Gasteiger partial charge in [-0.05, 0) is 51.8 Å². The number of carbonyl (C=O) groups excluding carboxylic acids is 5. The first kappa shape index (κ1) is 26.3. The number of ketones is 1. The molecule has 0 aliphatic carbocycles. The van der Waals surface area contributed by atoms with Gasteiger partial charge in [0.2, 0.25) is 11.8 Å². The highest BCUT2D eigenvalue weighted by Crippen LogP contribution is 2.29. The van der Waals surface area contributed by atoms with E-state index in [0.717, 1.165) is 11.1 Å². The lowest BCUT2D eigenvalue weighted by molar-refractivity contribution is -0.140. The Morgan fingerprint density at radius 2 is 1.78 bits per heavy atom. The van der Waals surface area contributed by atoms with Crippen LogP contribution in [0.5, 0.6) is 0 Å². The zero-order valence-electron chi connectivity index (χ0n) is 20.7. The van der Waals surface area contributed by atoms with E-state index >= 15 is 0 Å². The van der Waals surface area contributed by atoms with E-state index in [1.165, 1.54) is 18.9 Å². The number of hydrogen-bond acceptors (Lipinski definition) is 9. The average Bonchev–Trinajstić information content (AvgIpc) is 3.15. The Kier molecular flexibility index (Phi) is 8.03. The lowest BCUT2D eigenvalue weighted by Gasteiger charge is -2.24. The maximum Gasteiger partial charge on any atom is 0.355 e. The number of ether oxygens (including phenoxy) is 2. The maximum atomic E-state index is 12.6. The number of benzene rings is 1. The van der Waals surface area contributed by atoms with Gasteiger partial charge in [0.15, 0.2) is 12.4 Å². The molecule has 3 rings (SSSR count). The molecule has 2 heterocycles. The van der Waals surface area contributed by atoms with Crippen LogP contribution in [-0.4, -0.2) is 48.5 Å². The summed E-state index contributed by atoms with van der Waals surface area (Å²) in [5, 5.41) is 7.68. The summed E-state index contributed by atoms with van der Waals surface area (Å²) in [5.74, 6) is -3.36. The highest BCUT2D eigenvalue weighted by atomic mass is 16.5. The first-order valence-corrected chi connectivity index (χ1v) is 11.3. The van der Waals surface area contributed by atoms with E-state index in [1.807, 2.05) is 26.0 Å². The highest BCUT2D eigenvalue weighted by molar-refractivity contribution is 6.38. The number of hydrazone groups is 1. The Morgan fingerprint density at radius 1 is 1.06 bits per heavy atom. The van der Waals surface area contributed by atoms with Crippen molar-refractivity contribution in [3.05, 3.63) is 46.2 Å². The molecule has 0 saturated heterocycles. The highest BCUT2D eigenvalue weighted by Gasteiger charge is 2.30. The lowest BCUT2D eigenvalue weighted by Crippen LogP contribution is -2.36. The summed E-state index contributed by atoms with van der Waals surface area (Å²) in [6.07, 6.45) is 0.114. The number of furan rings is 1. The third kappa shape index (κ3) is 5.68. The van der Waals surface area contributed by atoms with Crippen molar-refractivity contribution in [3.63, 3.8) is 0 Å². The Hall–Kier alpha value is -4.28. The number of amides is 2. The number of anilines is 2. The number of Topliss-reactive ketones (excluding diaryl/α,β-unsaturated/α-hetero) is 1. The lowest BCUT2D eigenvalue weighted by atomic mass is 10.1. The van der Waals surface area contributed by atoms with Gasteiger partial charge in [-0.2, -0.15) is 10.1 Å². The molecule has 0 atom stereocenters. The van der Waals surface area contributed by atoms with Crippen LogP contribution in [0.1, 0.15) is 64.3 Å². The van der Waals surface area contributed by atoms with Crippen molar-refractivity contribution in [2.24, 2.45) is 5.10 Å². The largest absolute Gasteiger partial charge is 0.462 e. The second-order valence-electron chi connectivity index (χ2n) is 8.18. The van der Waals surface area contributed by atoms with Gasteiger partial charge in [-0.25, -0.2) is 9.59 Å². The molecule has 1 aromatic heterocycles. The van der Waals surface area contributed by atoms with Gasteiger partial charge < -0.3 is 13.9 Å². The van der Waals surface area contributed by atoms with Crippen molar-refractivity contribution < 1.29 is 37.9 Å². The number of nitrogens with one attached hydrogen (secondary N) is 1. The molecule has 2 amide bonds. The van der Waals surface area contributed by atoms with Gasteiger partial charge in [-0.15, -0.1) is 0 Å². The second kappa shape index (κ2) is 11.0. The van der Waals surface area contributed by atoms with Crippen LogP contribution in [0.4, 0.5) is 11.6 Å². The van der Waals surface area contributed by atoms with Crippen LogP contribution in [0, 0.1) is 20.8 Å². The van der Waals surface area contributed by atoms with Crippen LogP contribution in [0.15, 0.2) is 27.7 Å². The number of nitrogens with zero attached hydrogens (tertiary/aromatic N) is 2. The molecule has 2 aromatic rings. The third-order valence-corrected chi connectivity index (χ3v) is 5.36. The fourth-order valence-corrected chi connectivity index (χ4v) is 3.67. The normalized spacial score (nSPS) is 13.2. The minimum atomic E-state index is -0.862.